The minimum atomic E-state index is -0.751. The average Bonchev–Trinajstić information content (AvgIpc) is 2.78. The van der Waals surface area contributed by atoms with Crippen LogP contribution >= 0.6 is 0 Å². The van der Waals surface area contributed by atoms with Crippen LogP contribution in [0.5, 0.6) is 0 Å². The maximum atomic E-state index is 11.1. The van der Waals surface area contributed by atoms with Crippen molar-refractivity contribution in [2.75, 3.05) is 7.05 Å². The Morgan fingerprint density at radius 2 is 2.26 bits per heavy atom. The van der Waals surface area contributed by atoms with Crippen molar-refractivity contribution in [3.63, 3.8) is 0 Å². The molecule has 0 aliphatic heterocycles. The van der Waals surface area contributed by atoms with E-state index in [4.69, 9.17) is 5.11 Å². The van der Waals surface area contributed by atoms with E-state index in [1.165, 1.54) is 5.56 Å². The van der Waals surface area contributed by atoms with Crippen LogP contribution in [0.4, 0.5) is 0 Å². The second-order valence-electron chi connectivity index (χ2n) is 5.45. The maximum absolute atomic E-state index is 11.1. The molecule has 4 nitrogen and oxygen atoms in total. The molecule has 0 aromatic carbocycles. The summed E-state index contributed by atoms with van der Waals surface area (Å²) >= 11 is 0. The van der Waals surface area contributed by atoms with Gasteiger partial charge in [-0.3, -0.25) is 9.69 Å². The van der Waals surface area contributed by atoms with Crippen LogP contribution in [0.15, 0.2) is 12.3 Å². The van der Waals surface area contributed by atoms with E-state index < -0.39 is 5.97 Å². The summed E-state index contributed by atoms with van der Waals surface area (Å²) in [6, 6.07) is 0.248. The smallest absolute Gasteiger partial charge is 0.305 e. The van der Waals surface area contributed by atoms with Crippen molar-refractivity contribution >= 4 is 12.0 Å². The van der Waals surface area contributed by atoms with Crippen molar-refractivity contribution in [1.29, 1.82) is 0 Å². The number of rotatable bonds is 5. The summed E-state index contributed by atoms with van der Waals surface area (Å²) in [5, 5.41) is 9.17. The zero-order valence-electron chi connectivity index (χ0n) is 11.8. The van der Waals surface area contributed by atoms with Gasteiger partial charge in [-0.25, -0.2) is 0 Å². The SMILES string of the molecule is CC(C)N(C)C(CC(=O)O)c1c[nH]c2c1CCC=C2. The lowest BCUT2D eigenvalue weighted by molar-refractivity contribution is -0.138. The largest absolute Gasteiger partial charge is 0.481 e. The van der Waals surface area contributed by atoms with E-state index in [1.54, 1.807) is 0 Å². The Balaban J connectivity index is 2.35. The fourth-order valence-electron chi connectivity index (χ4n) is 2.64. The molecule has 104 valence electrons. The summed E-state index contributed by atoms with van der Waals surface area (Å²) in [6.07, 6.45) is 8.39. The molecular weight excluding hydrogens is 240 g/mol. The van der Waals surface area contributed by atoms with Crippen LogP contribution in [0.3, 0.4) is 0 Å². The van der Waals surface area contributed by atoms with Gasteiger partial charge in [0.2, 0.25) is 0 Å². The standard InChI is InChI=1S/C15H22N2O2/c1-10(2)17(3)14(8-15(18)19)12-9-16-13-7-5-4-6-11(12)13/h5,7,9-10,14,16H,4,6,8H2,1-3H3,(H,18,19). The summed E-state index contributed by atoms with van der Waals surface area (Å²) in [5.74, 6) is -0.751. The highest BCUT2D eigenvalue weighted by molar-refractivity contribution is 5.68. The number of H-pyrrole nitrogens is 1. The molecule has 1 aromatic heterocycles. The first-order valence-corrected chi connectivity index (χ1v) is 6.81. The Kier molecular flexibility index (Phi) is 4.10. The quantitative estimate of drug-likeness (QED) is 0.858. The number of carbonyl (C=O) groups is 1. The molecule has 1 aromatic rings. The van der Waals surface area contributed by atoms with Gasteiger partial charge in [-0.2, -0.15) is 0 Å². The van der Waals surface area contributed by atoms with Crippen LogP contribution in [0, 0.1) is 0 Å². The highest BCUT2D eigenvalue weighted by atomic mass is 16.4. The lowest BCUT2D eigenvalue weighted by Gasteiger charge is -2.31. The third-order valence-electron chi connectivity index (χ3n) is 3.94. The molecule has 0 saturated carbocycles. The van der Waals surface area contributed by atoms with Crippen molar-refractivity contribution in [3.8, 4) is 0 Å². The number of carboxylic acid groups (broad SMARTS) is 1. The molecule has 0 amide bonds. The molecule has 0 saturated heterocycles. The molecule has 1 heterocycles. The van der Waals surface area contributed by atoms with Crippen molar-refractivity contribution in [2.24, 2.45) is 0 Å². The molecule has 1 unspecified atom stereocenters. The first-order chi connectivity index (χ1) is 9.00. The predicted molar refractivity (Wildman–Crippen MR) is 76.0 cm³/mol. The Morgan fingerprint density at radius 1 is 1.53 bits per heavy atom. The van der Waals surface area contributed by atoms with Gasteiger partial charge in [0, 0.05) is 24.0 Å². The van der Waals surface area contributed by atoms with Gasteiger partial charge in [0.05, 0.1) is 6.42 Å². The fourth-order valence-corrected chi connectivity index (χ4v) is 2.64. The van der Waals surface area contributed by atoms with Gasteiger partial charge in [0.1, 0.15) is 0 Å². The third kappa shape index (κ3) is 2.89. The summed E-state index contributed by atoms with van der Waals surface area (Å²) in [6.45, 7) is 4.18. The average molecular weight is 262 g/mol. The van der Waals surface area contributed by atoms with Gasteiger partial charge in [-0.05, 0) is 50.9 Å². The van der Waals surface area contributed by atoms with E-state index in [0.29, 0.717) is 6.04 Å². The number of aliphatic carboxylic acids is 1. The van der Waals surface area contributed by atoms with Gasteiger partial charge in [-0.15, -0.1) is 0 Å². The topological polar surface area (TPSA) is 56.3 Å². The van der Waals surface area contributed by atoms with Gasteiger partial charge in [0.15, 0.2) is 0 Å². The highest BCUT2D eigenvalue weighted by Gasteiger charge is 2.26. The molecule has 1 aliphatic carbocycles. The number of carboxylic acids is 1. The number of aromatic amines is 1. The third-order valence-corrected chi connectivity index (χ3v) is 3.94. The van der Waals surface area contributed by atoms with Crippen molar-refractivity contribution < 1.29 is 9.90 Å². The normalized spacial score (nSPS) is 15.8. The van der Waals surface area contributed by atoms with E-state index in [2.05, 4.69) is 35.9 Å². The molecule has 2 rings (SSSR count). The van der Waals surface area contributed by atoms with Gasteiger partial charge in [0.25, 0.3) is 0 Å². The number of nitrogens with one attached hydrogen (secondary N) is 1. The summed E-state index contributed by atoms with van der Waals surface area (Å²) < 4.78 is 0. The minimum absolute atomic E-state index is 0.0657. The second-order valence-corrected chi connectivity index (χ2v) is 5.45. The first-order valence-electron chi connectivity index (χ1n) is 6.81. The molecule has 1 aliphatic rings. The Morgan fingerprint density at radius 3 is 2.89 bits per heavy atom. The molecule has 0 bridgehead atoms. The van der Waals surface area contributed by atoms with Gasteiger partial charge < -0.3 is 10.1 Å². The lowest BCUT2D eigenvalue weighted by atomic mass is 9.93. The molecule has 0 fully saturated rings. The van der Waals surface area contributed by atoms with Crippen LogP contribution < -0.4 is 0 Å². The van der Waals surface area contributed by atoms with Crippen LogP contribution in [-0.4, -0.2) is 34.0 Å². The summed E-state index contributed by atoms with van der Waals surface area (Å²) in [7, 11) is 2.00. The van der Waals surface area contributed by atoms with E-state index in [1.807, 2.05) is 13.2 Å². The molecule has 0 radical (unpaired) electrons. The van der Waals surface area contributed by atoms with E-state index in [-0.39, 0.29) is 12.5 Å². The van der Waals surface area contributed by atoms with Crippen LogP contribution in [0.25, 0.3) is 6.08 Å². The number of nitrogens with zero attached hydrogens (tertiary/aromatic N) is 1. The lowest BCUT2D eigenvalue weighted by Crippen LogP contribution is -2.32. The fraction of sp³-hybridized carbons (Fsp3) is 0.533. The Bertz CT molecular complexity index is 488. The van der Waals surface area contributed by atoms with Crippen LogP contribution in [-0.2, 0) is 11.2 Å². The van der Waals surface area contributed by atoms with Crippen LogP contribution in [0.2, 0.25) is 0 Å². The van der Waals surface area contributed by atoms with Crippen molar-refractivity contribution in [3.05, 3.63) is 29.1 Å². The maximum Gasteiger partial charge on any atom is 0.305 e. The summed E-state index contributed by atoms with van der Waals surface area (Å²) in [5.41, 5.74) is 3.55. The Hall–Kier alpha value is -1.55. The molecule has 1 atom stereocenters. The van der Waals surface area contributed by atoms with E-state index >= 15 is 0 Å². The van der Waals surface area contributed by atoms with Gasteiger partial charge in [-0.1, -0.05) is 6.08 Å². The highest BCUT2D eigenvalue weighted by Crippen LogP contribution is 2.32. The molecule has 0 spiro atoms. The minimum Gasteiger partial charge on any atom is -0.481 e. The Labute approximate surface area is 114 Å². The van der Waals surface area contributed by atoms with E-state index in [9.17, 15) is 4.79 Å². The number of hydrogen-bond donors (Lipinski definition) is 2. The van der Waals surface area contributed by atoms with Crippen molar-refractivity contribution in [2.45, 2.75) is 45.2 Å². The van der Waals surface area contributed by atoms with Gasteiger partial charge >= 0.3 is 5.97 Å². The molecule has 4 heteroatoms. The molecule has 2 N–H and O–H groups in total. The predicted octanol–water partition coefficient (Wildman–Crippen LogP) is 2.83. The zero-order chi connectivity index (χ0) is 14.0. The number of allylic oxidation sites excluding steroid dienone is 1. The van der Waals surface area contributed by atoms with Crippen LogP contribution in [0.1, 0.15) is 49.6 Å². The number of hydrogen-bond acceptors (Lipinski definition) is 2. The van der Waals surface area contributed by atoms with Crippen molar-refractivity contribution in [1.82, 2.24) is 9.88 Å². The second kappa shape index (κ2) is 5.61. The first kappa shape index (κ1) is 13.9. The number of aromatic nitrogens is 1. The monoisotopic (exact) mass is 262 g/mol. The zero-order valence-corrected chi connectivity index (χ0v) is 11.8. The number of fused-ring (bicyclic) bond motifs is 1. The summed E-state index contributed by atoms with van der Waals surface area (Å²) in [4.78, 5) is 16.6. The molecular formula is C15H22N2O2. The van der Waals surface area contributed by atoms with E-state index in [0.717, 1.165) is 24.1 Å². The molecule has 19 heavy (non-hydrogen) atoms.